The normalized spacial score (nSPS) is 12.1. The van der Waals surface area contributed by atoms with E-state index in [2.05, 4.69) is 10.6 Å². The highest BCUT2D eigenvalue weighted by atomic mass is 35.5. The van der Waals surface area contributed by atoms with Gasteiger partial charge in [0.05, 0.1) is 10.6 Å². The van der Waals surface area contributed by atoms with Gasteiger partial charge in [0.1, 0.15) is 4.90 Å². The molecule has 0 aliphatic heterocycles. The van der Waals surface area contributed by atoms with Crippen LogP contribution in [0.2, 0.25) is 5.02 Å². The molecule has 0 bridgehead atoms. The van der Waals surface area contributed by atoms with Gasteiger partial charge in [-0.3, -0.25) is 0 Å². The monoisotopic (exact) mass is 437 g/mol. The Kier molecular flexibility index (Phi) is 6.35. The zero-order valence-corrected chi connectivity index (χ0v) is 16.5. The van der Waals surface area contributed by atoms with Gasteiger partial charge in [-0.05, 0) is 48.6 Å². The molecule has 0 unspecified atom stereocenters. The number of alkyl halides is 3. The molecule has 2 rings (SSSR count). The van der Waals surface area contributed by atoms with Crippen molar-refractivity contribution >= 4 is 50.3 Å². The molecule has 0 fully saturated rings. The summed E-state index contributed by atoms with van der Waals surface area (Å²) in [5.41, 5.74) is -0.372. The molecule has 0 heterocycles. The molecule has 27 heavy (non-hydrogen) atoms. The lowest BCUT2D eigenvalue weighted by atomic mass is 10.2. The van der Waals surface area contributed by atoms with E-state index < -0.39 is 21.8 Å². The number of hydrogen-bond donors (Lipinski definition) is 2. The van der Waals surface area contributed by atoms with Crippen molar-refractivity contribution < 1.29 is 21.6 Å². The summed E-state index contributed by atoms with van der Waals surface area (Å²) in [4.78, 5) is -0.124. The molecule has 0 radical (unpaired) electrons. The van der Waals surface area contributed by atoms with Crippen LogP contribution in [0.1, 0.15) is 5.56 Å². The molecular formula is C16H15ClF3N3O2S2. The number of sulfonamides is 1. The number of benzene rings is 2. The average Bonchev–Trinajstić information content (AvgIpc) is 2.55. The first-order chi connectivity index (χ1) is 12.4. The number of nitrogens with zero attached hydrogens (tertiary/aromatic N) is 1. The van der Waals surface area contributed by atoms with Crippen molar-refractivity contribution in [1.29, 1.82) is 0 Å². The third kappa shape index (κ3) is 5.32. The minimum absolute atomic E-state index is 0.00940. The van der Waals surface area contributed by atoms with Crippen LogP contribution >= 0.6 is 23.8 Å². The Morgan fingerprint density at radius 3 is 2.22 bits per heavy atom. The van der Waals surface area contributed by atoms with Crippen LogP contribution in [0.3, 0.4) is 0 Å². The van der Waals surface area contributed by atoms with Crippen molar-refractivity contribution in [2.24, 2.45) is 0 Å². The van der Waals surface area contributed by atoms with Gasteiger partial charge in [0.25, 0.3) is 0 Å². The van der Waals surface area contributed by atoms with Gasteiger partial charge in [0.15, 0.2) is 5.11 Å². The second-order valence-electron chi connectivity index (χ2n) is 5.59. The van der Waals surface area contributed by atoms with E-state index in [0.29, 0.717) is 5.69 Å². The van der Waals surface area contributed by atoms with Gasteiger partial charge < -0.3 is 10.6 Å². The second-order valence-corrected chi connectivity index (χ2v) is 8.53. The van der Waals surface area contributed by atoms with Crippen LogP contribution in [-0.4, -0.2) is 31.9 Å². The van der Waals surface area contributed by atoms with Crippen LogP contribution in [0, 0.1) is 0 Å². The van der Waals surface area contributed by atoms with Gasteiger partial charge in [-0.15, -0.1) is 0 Å². The van der Waals surface area contributed by atoms with Gasteiger partial charge >= 0.3 is 6.18 Å². The fourth-order valence-electron chi connectivity index (χ4n) is 2.04. The Hall–Kier alpha value is -1.88. The molecule has 5 nitrogen and oxygen atoms in total. The lowest BCUT2D eigenvalue weighted by Crippen LogP contribution is -2.23. The molecule has 0 atom stereocenters. The molecule has 0 aromatic heterocycles. The van der Waals surface area contributed by atoms with Gasteiger partial charge in [-0.1, -0.05) is 17.7 Å². The zero-order chi connectivity index (χ0) is 20.4. The van der Waals surface area contributed by atoms with Crippen LogP contribution in [0.25, 0.3) is 0 Å². The molecule has 0 aliphatic carbocycles. The predicted molar refractivity (Wildman–Crippen MR) is 104 cm³/mol. The minimum atomic E-state index is -4.47. The Morgan fingerprint density at radius 2 is 1.67 bits per heavy atom. The number of halogens is 4. The van der Waals surface area contributed by atoms with Crippen molar-refractivity contribution in [3.63, 3.8) is 0 Å². The van der Waals surface area contributed by atoms with Crippen LogP contribution < -0.4 is 10.6 Å². The first kappa shape index (κ1) is 21.4. The van der Waals surface area contributed by atoms with Crippen molar-refractivity contribution in [2.45, 2.75) is 11.1 Å². The van der Waals surface area contributed by atoms with E-state index in [1.54, 1.807) is 0 Å². The Balaban J connectivity index is 2.20. The number of rotatable bonds is 4. The third-order valence-electron chi connectivity index (χ3n) is 3.40. The molecule has 2 N–H and O–H groups in total. The van der Waals surface area contributed by atoms with Gasteiger partial charge in [-0.25, -0.2) is 12.7 Å². The zero-order valence-electron chi connectivity index (χ0n) is 14.1. The van der Waals surface area contributed by atoms with Crippen LogP contribution in [0.15, 0.2) is 47.4 Å². The molecule has 0 saturated heterocycles. The van der Waals surface area contributed by atoms with Crippen molar-refractivity contribution in [2.75, 3.05) is 24.7 Å². The predicted octanol–water partition coefficient (Wildman–Crippen LogP) is 4.42. The van der Waals surface area contributed by atoms with E-state index in [1.807, 2.05) is 0 Å². The standard InChI is InChI=1S/C16H15ClF3N3O2S2/c1-23(2)27(24,25)14-9-12(6-7-13(14)17)22-15(26)21-11-5-3-4-10(8-11)16(18,19)20/h3-9H,1-2H3,(H2,21,22,26). The number of anilines is 2. The summed E-state index contributed by atoms with van der Waals surface area (Å²) < 4.78 is 63.8. The molecule has 0 aliphatic rings. The van der Waals surface area contributed by atoms with Gasteiger partial charge in [-0.2, -0.15) is 13.2 Å². The molecule has 0 spiro atoms. The minimum Gasteiger partial charge on any atom is -0.332 e. The highest BCUT2D eigenvalue weighted by Gasteiger charge is 2.30. The second kappa shape index (κ2) is 8.01. The fraction of sp³-hybridized carbons (Fsp3) is 0.188. The third-order valence-corrected chi connectivity index (χ3v) is 5.90. The van der Waals surface area contributed by atoms with Crippen LogP contribution in [0.4, 0.5) is 24.5 Å². The van der Waals surface area contributed by atoms with Crippen LogP contribution in [0.5, 0.6) is 0 Å². The topological polar surface area (TPSA) is 61.4 Å². The first-order valence-electron chi connectivity index (χ1n) is 7.38. The van der Waals surface area contributed by atoms with Crippen molar-refractivity contribution in [3.8, 4) is 0 Å². The van der Waals surface area contributed by atoms with Crippen molar-refractivity contribution in [3.05, 3.63) is 53.1 Å². The Bertz CT molecular complexity index is 964. The van der Waals surface area contributed by atoms with Gasteiger partial charge in [0.2, 0.25) is 10.0 Å². The number of thiocarbonyl (C=S) groups is 1. The lowest BCUT2D eigenvalue weighted by molar-refractivity contribution is -0.137. The summed E-state index contributed by atoms with van der Waals surface area (Å²) in [7, 11) is -1.04. The highest BCUT2D eigenvalue weighted by Crippen LogP contribution is 2.31. The van der Waals surface area contributed by atoms with E-state index in [9.17, 15) is 21.6 Å². The first-order valence-corrected chi connectivity index (χ1v) is 9.61. The Morgan fingerprint density at radius 1 is 1.07 bits per heavy atom. The van der Waals surface area contributed by atoms with Gasteiger partial charge in [0, 0.05) is 25.5 Å². The van der Waals surface area contributed by atoms with E-state index in [0.717, 1.165) is 16.4 Å². The number of hydrogen-bond acceptors (Lipinski definition) is 3. The summed E-state index contributed by atoms with van der Waals surface area (Å²) in [5, 5.41) is 5.37. The highest BCUT2D eigenvalue weighted by molar-refractivity contribution is 7.89. The van der Waals surface area contributed by atoms with E-state index in [4.69, 9.17) is 23.8 Å². The molecule has 11 heteroatoms. The van der Waals surface area contributed by atoms with Crippen molar-refractivity contribution in [1.82, 2.24) is 4.31 Å². The summed E-state index contributed by atoms with van der Waals surface area (Å²) in [6.07, 6.45) is -4.47. The largest absolute Gasteiger partial charge is 0.416 e. The SMILES string of the molecule is CN(C)S(=O)(=O)c1cc(NC(=S)Nc2cccc(C(F)(F)F)c2)ccc1Cl. The maximum Gasteiger partial charge on any atom is 0.416 e. The molecule has 0 amide bonds. The Labute approximate surface area is 165 Å². The van der Waals surface area contributed by atoms with E-state index >= 15 is 0 Å². The quantitative estimate of drug-likeness (QED) is 0.693. The summed E-state index contributed by atoms with van der Waals surface area (Å²) in [6, 6.07) is 8.70. The number of nitrogens with one attached hydrogen (secondary N) is 2. The summed E-state index contributed by atoms with van der Waals surface area (Å²) in [6.45, 7) is 0. The fourth-order valence-corrected chi connectivity index (χ4v) is 3.67. The molecular weight excluding hydrogens is 423 g/mol. The molecule has 0 saturated carbocycles. The van der Waals surface area contributed by atoms with E-state index in [-0.39, 0.29) is 20.7 Å². The van der Waals surface area contributed by atoms with Crippen LogP contribution in [-0.2, 0) is 16.2 Å². The smallest absolute Gasteiger partial charge is 0.332 e. The maximum absolute atomic E-state index is 12.8. The maximum atomic E-state index is 12.8. The molecule has 146 valence electrons. The summed E-state index contributed by atoms with van der Waals surface area (Å²) in [5.74, 6) is 0. The average molecular weight is 438 g/mol. The lowest BCUT2D eigenvalue weighted by Gasteiger charge is -2.16. The molecule has 2 aromatic carbocycles. The van der Waals surface area contributed by atoms with E-state index in [1.165, 1.54) is 44.4 Å². The molecule has 2 aromatic rings. The summed E-state index contributed by atoms with van der Waals surface area (Å²) >= 11 is 11.0.